The van der Waals surface area contributed by atoms with Crippen molar-refractivity contribution in [3.63, 3.8) is 0 Å². The Hall–Kier alpha value is -2.70. The van der Waals surface area contributed by atoms with Crippen molar-refractivity contribution in [1.29, 1.82) is 0 Å². The van der Waals surface area contributed by atoms with Crippen molar-refractivity contribution in [3.05, 3.63) is 58.9 Å². The molecule has 1 aliphatic heterocycles. The van der Waals surface area contributed by atoms with Crippen LogP contribution in [0.3, 0.4) is 0 Å². The van der Waals surface area contributed by atoms with E-state index in [9.17, 15) is 4.79 Å². The number of imidazole rings is 1. The molecule has 3 aliphatic rings. The van der Waals surface area contributed by atoms with E-state index in [1.807, 2.05) is 14.0 Å². The highest BCUT2D eigenvalue weighted by Crippen LogP contribution is 2.43. The number of aryl methyl sites for hydroxylation is 1. The van der Waals surface area contributed by atoms with Crippen LogP contribution in [0.25, 0.3) is 11.0 Å². The minimum absolute atomic E-state index is 0.108. The molecule has 196 valence electrons. The number of fused-ring (bicyclic) bond motifs is 2. The second kappa shape index (κ2) is 10.2. The van der Waals surface area contributed by atoms with Gasteiger partial charge in [0.25, 0.3) is 0 Å². The maximum Gasteiger partial charge on any atom is 0.224 e. The predicted molar refractivity (Wildman–Crippen MR) is 148 cm³/mol. The average Bonchev–Trinajstić information content (AvgIpc) is 3.55. The largest absolute Gasteiger partial charge is 0.378 e. The maximum absolute atomic E-state index is 12.0. The Morgan fingerprint density at radius 1 is 1.11 bits per heavy atom. The zero-order valence-electron chi connectivity index (χ0n) is 22.5. The second-order valence-electron chi connectivity index (χ2n) is 11.6. The average molecular weight is 501 g/mol. The number of rotatable bonds is 8. The van der Waals surface area contributed by atoms with Crippen LogP contribution in [0.2, 0.25) is 0 Å². The number of carbonyl (C=O) groups excluding carboxylic acids is 1. The van der Waals surface area contributed by atoms with Crippen LogP contribution in [-0.4, -0.2) is 53.2 Å². The fraction of sp³-hybridized carbons (Fsp3) is 0.548. The lowest BCUT2D eigenvalue weighted by Gasteiger charge is -2.40. The molecule has 6 heteroatoms. The van der Waals surface area contributed by atoms with E-state index in [-0.39, 0.29) is 12.0 Å². The third-order valence-electron chi connectivity index (χ3n) is 8.56. The molecular weight excluding hydrogens is 460 g/mol. The Bertz CT molecular complexity index is 1290. The first-order valence-corrected chi connectivity index (χ1v) is 14.2. The third kappa shape index (κ3) is 5.06. The highest BCUT2D eigenvalue weighted by Gasteiger charge is 2.38. The molecule has 6 rings (SSSR count). The normalized spacial score (nSPS) is 23.9. The Kier molecular flexibility index (Phi) is 6.80. The summed E-state index contributed by atoms with van der Waals surface area (Å²) in [5.74, 6) is 2.60. The van der Waals surface area contributed by atoms with Crippen molar-refractivity contribution in [2.24, 2.45) is 5.92 Å². The van der Waals surface area contributed by atoms with Crippen LogP contribution in [0, 0.1) is 12.8 Å². The van der Waals surface area contributed by atoms with Crippen LogP contribution in [0.5, 0.6) is 0 Å². The molecule has 1 unspecified atom stereocenters. The molecule has 0 spiro atoms. The lowest BCUT2D eigenvalue weighted by Crippen LogP contribution is -2.47. The van der Waals surface area contributed by atoms with Crippen LogP contribution in [0.15, 0.2) is 36.4 Å². The first-order chi connectivity index (χ1) is 18.0. The molecule has 6 nitrogen and oxygen atoms in total. The van der Waals surface area contributed by atoms with Gasteiger partial charge in [0.05, 0.1) is 23.2 Å². The number of carbonyl (C=O) groups is 1. The van der Waals surface area contributed by atoms with Gasteiger partial charge >= 0.3 is 0 Å². The highest BCUT2D eigenvalue weighted by molar-refractivity contribution is 5.90. The molecule has 1 saturated carbocycles. The summed E-state index contributed by atoms with van der Waals surface area (Å²) < 4.78 is 8.69. The number of amides is 1. The molecule has 2 fully saturated rings. The maximum atomic E-state index is 12.0. The van der Waals surface area contributed by atoms with Crippen molar-refractivity contribution < 1.29 is 9.53 Å². The Morgan fingerprint density at radius 3 is 2.73 bits per heavy atom. The van der Waals surface area contributed by atoms with Gasteiger partial charge in [0, 0.05) is 44.8 Å². The van der Waals surface area contributed by atoms with Gasteiger partial charge in [0.2, 0.25) is 5.91 Å². The van der Waals surface area contributed by atoms with E-state index in [4.69, 9.17) is 9.72 Å². The minimum Gasteiger partial charge on any atom is -0.378 e. The van der Waals surface area contributed by atoms with Gasteiger partial charge in [0.1, 0.15) is 5.82 Å². The molecule has 3 aromatic rings. The van der Waals surface area contributed by atoms with E-state index >= 15 is 0 Å². The van der Waals surface area contributed by atoms with Gasteiger partial charge in [0.15, 0.2) is 0 Å². The van der Waals surface area contributed by atoms with E-state index < -0.39 is 0 Å². The lowest BCUT2D eigenvalue weighted by molar-refractivity contribution is -0.116. The van der Waals surface area contributed by atoms with Crippen molar-refractivity contribution in [2.75, 3.05) is 32.1 Å². The molecule has 1 amide bonds. The van der Waals surface area contributed by atoms with Crippen LogP contribution < -0.4 is 5.32 Å². The van der Waals surface area contributed by atoms with E-state index in [2.05, 4.69) is 58.1 Å². The number of nitrogens with zero attached hydrogens (tertiary/aromatic N) is 3. The monoisotopic (exact) mass is 500 g/mol. The Morgan fingerprint density at radius 2 is 1.95 bits per heavy atom. The number of benzene rings is 2. The number of hydrogen-bond acceptors (Lipinski definition) is 4. The molecule has 1 N–H and O–H groups in total. The quantitative estimate of drug-likeness (QED) is 0.435. The minimum atomic E-state index is 0.108. The fourth-order valence-corrected chi connectivity index (χ4v) is 6.60. The van der Waals surface area contributed by atoms with E-state index in [1.54, 1.807) is 0 Å². The smallest absolute Gasteiger partial charge is 0.224 e. The highest BCUT2D eigenvalue weighted by atomic mass is 16.5. The van der Waals surface area contributed by atoms with Gasteiger partial charge in [-0.2, -0.15) is 0 Å². The van der Waals surface area contributed by atoms with E-state index in [0.717, 1.165) is 56.5 Å². The summed E-state index contributed by atoms with van der Waals surface area (Å²) in [6.07, 6.45) is 7.41. The van der Waals surface area contributed by atoms with Crippen LogP contribution in [0.1, 0.15) is 73.5 Å². The summed E-state index contributed by atoms with van der Waals surface area (Å²) >= 11 is 0. The number of hydrogen-bond donors (Lipinski definition) is 1. The second-order valence-corrected chi connectivity index (χ2v) is 11.6. The number of methoxy groups -OCH3 is 1. The molecular formula is C31H40N4O2. The molecule has 0 bridgehead atoms. The van der Waals surface area contributed by atoms with E-state index in [1.165, 1.54) is 40.9 Å². The summed E-state index contributed by atoms with van der Waals surface area (Å²) in [5.41, 5.74) is 7.44. The van der Waals surface area contributed by atoms with Crippen molar-refractivity contribution in [2.45, 2.75) is 76.9 Å². The zero-order valence-corrected chi connectivity index (χ0v) is 22.5. The van der Waals surface area contributed by atoms with E-state index in [0.29, 0.717) is 24.3 Å². The summed E-state index contributed by atoms with van der Waals surface area (Å²) in [7, 11) is 1.88. The first-order valence-electron chi connectivity index (χ1n) is 14.2. The number of nitrogens with one attached hydrogen (secondary N) is 1. The van der Waals surface area contributed by atoms with Gasteiger partial charge in [-0.1, -0.05) is 19.1 Å². The number of anilines is 1. The molecule has 1 aromatic heterocycles. The third-order valence-corrected chi connectivity index (χ3v) is 8.56. The summed E-state index contributed by atoms with van der Waals surface area (Å²) in [6, 6.07) is 13.5. The Balaban J connectivity index is 1.13. The first kappa shape index (κ1) is 24.6. The molecule has 0 radical (unpaired) electrons. The molecule has 2 aromatic carbocycles. The predicted octanol–water partition coefficient (Wildman–Crippen LogP) is 5.64. The van der Waals surface area contributed by atoms with Crippen molar-refractivity contribution in [3.8, 4) is 0 Å². The van der Waals surface area contributed by atoms with Crippen molar-refractivity contribution in [1.82, 2.24) is 14.5 Å². The molecule has 3 atom stereocenters. The molecule has 1 saturated heterocycles. The number of likely N-dealkylation sites (tertiary alicyclic amines) is 1. The number of aromatic nitrogens is 2. The fourth-order valence-electron chi connectivity index (χ4n) is 6.60. The van der Waals surface area contributed by atoms with Gasteiger partial charge < -0.3 is 19.5 Å². The van der Waals surface area contributed by atoms with Crippen LogP contribution in [-0.2, 0) is 22.4 Å². The summed E-state index contributed by atoms with van der Waals surface area (Å²) in [5, 5.41) is 3.06. The summed E-state index contributed by atoms with van der Waals surface area (Å²) in [4.78, 5) is 19.7. The van der Waals surface area contributed by atoms with Gasteiger partial charge in [-0.3, -0.25) is 4.79 Å². The van der Waals surface area contributed by atoms with Gasteiger partial charge in [-0.05, 0) is 92.3 Å². The topological polar surface area (TPSA) is 59.4 Å². The van der Waals surface area contributed by atoms with Gasteiger partial charge in [-0.15, -0.1) is 0 Å². The zero-order chi connectivity index (χ0) is 25.5. The van der Waals surface area contributed by atoms with Gasteiger partial charge in [-0.25, -0.2) is 4.98 Å². The number of ether oxygens (including phenoxy) is 1. The SMILES string of the molecule is CCCC(=O)Nc1ccc2c(c1)CC(CN1CC[C@H](n3c(C4CC4)nc4cc(C)ccc43)[C@@H](OC)C1)C2. The standard InChI is InChI=1S/C31H40N4O2/c1-4-5-30(36)32-25-10-9-23-15-21(16-24(23)17-25)18-34-13-12-28(29(19-34)37-3)35-27-11-6-20(2)14-26(27)33-31(35)22-7-8-22/h6,9-11,14,17,21-22,28-29H,4-5,7-8,12-13,15-16,18-19H2,1-3H3,(H,32,36)/t21?,28-,29-/m0/s1. The number of piperidine rings is 1. The molecule has 2 aliphatic carbocycles. The van der Waals surface area contributed by atoms with Crippen LogP contribution >= 0.6 is 0 Å². The Labute approximate surface area is 220 Å². The lowest BCUT2D eigenvalue weighted by atomic mass is 9.98. The van der Waals surface area contributed by atoms with Crippen molar-refractivity contribution >= 4 is 22.6 Å². The molecule has 2 heterocycles. The summed E-state index contributed by atoms with van der Waals surface area (Å²) in [6.45, 7) is 7.33. The van der Waals surface area contributed by atoms with Crippen LogP contribution in [0.4, 0.5) is 5.69 Å². The molecule has 37 heavy (non-hydrogen) atoms.